The molecule has 0 radical (unpaired) electrons. The summed E-state index contributed by atoms with van der Waals surface area (Å²) in [6, 6.07) is 19.5. The number of para-hydroxylation sites is 1. The van der Waals surface area contributed by atoms with E-state index < -0.39 is 0 Å². The number of hydrogen-bond acceptors (Lipinski definition) is 5. The van der Waals surface area contributed by atoms with Crippen LogP contribution >= 0.6 is 0 Å². The molecule has 5 aromatic rings. The molecule has 2 aromatic carbocycles. The van der Waals surface area contributed by atoms with Gasteiger partial charge < -0.3 is 10.2 Å². The summed E-state index contributed by atoms with van der Waals surface area (Å²) in [6.45, 7) is 4.75. The molecule has 5 rings (SSSR count). The van der Waals surface area contributed by atoms with E-state index in [1.807, 2.05) is 62.4 Å². The number of tetrazole rings is 1. The second kappa shape index (κ2) is 8.66. The van der Waals surface area contributed by atoms with Gasteiger partial charge in [0.1, 0.15) is 0 Å². The third-order valence-electron chi connectivity index (χ3n) is 5.63. The Balaban J connectivity index is 1.53. The minimum absolute atomic E-state index is 0.205. The van der Waals surface area contributed by atoms with Crippen LogP contribution < -0.4 is 5.32 Å². The monoisotopic (exact) mass is 437 g/mol. The van der Waals surface area contributed by atoms with Crippen molar-refractivity contribution >= 4 is 28.3 Å². The molecule has 2 amide bonds. The first-order chi connectivity index (χ1) is 16.1. The van der Waals surface area contributed by atoms with Crippen molar-refractivity contribution in [2.45, 2.75) is 26.9 Å². The predicted octanol–water partition coefficient (Wildman–Crippen LogP) is 4.52. The van der Waals surface area contributed by atoms with Crippen molar-refractivity contribution < 1.29 is 4.79 Å². The van der Waals surface area contributed by atoms with Crippen LogP contribution in [-0.2, 0) is 13.1 Å². The Kier molecular flexibility index (Phi) is 5.40. The highest BCUT2D eigenvalue weighted by Crippen LogP contribution is 2.23. The summed E-state index contributed by atoms with van der Waals surface area (Å²) in [5.41, 5.74) is 6.27. The molecule has 0 aliphatic carbocycles. The van der Waals surface area contributed by atoms with Crippen molar-refractivity contribution in [2.75, 3.05) is 5.32 Å². The van der Waals surface area contributed by atoms with Gasteiger partial charge in [-0.25, -0.2) is 4.79 Å². The highest BCUT2D eigenvalue weighted by Gasteiger charge is 2.19. The molecule has 0 aliphatic rings. The van der Waals surface area contributed by atoms with Gasteiger partial charge >= 0.3 is 6.03 Å². The Bertz CT molecular complexity index is 1450. The molecule has 0 spiro atoms. The van der Waals surface area contributed by atoms with Crippen LogP contribution in [0.4, 0.5) is 10.5 Å². The van der Waals surface area contributed by atoms with Crippen LogP contribution in [0.3, 0.4) is 0 Å². The van der Waals surface area contributed by atoms with Crippen LogP contribution in [0.25, 0.3) is 16.6 Å². The van der Waals surface area contributed by atoms with E-state index in [2.05, 4.69) is 38.0 Å². The lowest BCUT2D eigenvalue weighted by molar-refractivity contribution is 0.206. The lowest BCUT2D eigenvalue weighted by atomic mass is 10.1. The van der Waals surface area contributed by atoms with Gasteiger partial charge in [-0.1, -0.05) is 35.9 Å². The van der Waals surface area contributed by atoms with Gasteiger partial charge in [0.25, 0.3) is 0 Å². The molecule has 0 saturated carbocycles. The van der Waals surface area contributed by atoms with Crippen molar-refractivity contribution in [1.29, 1.82) is 0 Å². The Morgan fingerprint density at radius 1 is 1.03 bits per heavy atom. The molecule has 3 aromatic heterocycles. The van der Waals surface area contributed by atoms with Crippen LogP contribution in [0.1, 0.15) is 22.3 Å². The zero-order chi connectivity index (χ0) is 22.8. The largest absolute Gasteiger partial charge is 0.322 e. The third-order valence-corrected chi connectivity index (χ3v) is 5.63. The zero-order valence-electron chi connectivity index (χ0n) is 18.4. The number of aromatic nitrogens is 5. The first-order valence-corrected chi connectivity index (χ1v) is 10.7. The molecule has 1 N–H and O–H groups in total. The van der Waals surface area contributed by atoms with E-state index in [0.717, 1.165) is 38.8 Å². The maximum absolute atomic E-state index is 13.4. The number of nitrogens with zero attached hydrogens (tertiary/aromatic N) is 6. The molecular weight excluding hydrogens is 414 g/mol. The molecule has 0 atom stereocenters. The van der Waals surface area contributed by atoms with Gasteiger partial charge in [-0.05, 0) is 65.7 Å². The van der Waals surface area contributed by atoms with E-state index in [1.165, 1.54) is 0 Å². The predicted molar refractivity (Wildman–Crippen MR) is 127 cm³/mol. The first kappa shape index (κ1) is 20.6. The van der Waals surface area contributed by atoms with Gasteiger partial charge in [-0.3, -0.25) is 4.98 Å². The molecule has 3 heterocycles. The number of benzene rings is 2. The van der Waals surface area contributed by atoms with E-state index in [9.17, 15) is 4.79 Å². The lowest BCUT2D eigenvalue weighted by Gasteiger charge is -2.24. The number of carbonyl (C=O) groups is 1. The summed E-state index contributed by atoms with van der Waals surface area (Å²) < 4.78 is 1.73. The minimum Gasteiger partial charge on any atom is -0.316 e. The Labute approximate surface area is 190 Å². The molecule has 0 saturated heterocycles. The molecule has 0 unspecified atom stereocenters. The topological polar surface area (TPSA) is 88.3 Å². The van der Waals surface area contributed by atoms with Crippen LogP contribution in [-0.4, -0.2) is 36.0 Å². The van der Waals surface area contributed by atoms with E-state index in [0.29, 0.717) is 18.7 Å². The van der Waals surface area contributed by atoms with Crippen molar-refractivity contribution in [3.63, 3.8) is 0 Å². The first-order valence-electron chi connectivity index (χ1n) is 10.7. The highest BCUT2D eigenvalue weighted by atomic mass is 16.2. The summed E-state index contributed by atoms with van der Waals surface area (Å²) in [6.07, 6.45) is 3.49. The number of aryl methyl sites for hydroxylation is 2. The number of pyridine rings is 2. The summed E-state index contributed by atoms with van der Waals surface area (Å²) in [4.78, 5) is 19.3. The van der Waals surface area contributed by atoms with Crippen LogP contribution in [0.15, 0.2) is 73.1 Å². The van der Waals surface area contributed by atoms with Gasteiger partial charge in [0.2, 0.25) is 0 Å². The Hall–Kier alpha value is -4.33. The number of anilines is 1. The van der Waals surface area contributed by atoms with E-state index >= 15 is 0 Å². The Morgan fingerprint density at radius 3 is 2.73 bits per heavy atom. The molecule has 0 aliphatic heterocycles. The SMILES string of the molecule is Cc1ccc2c(c1)cc(CN(Cc1cccnc1)C(=O)Nc1ccccc1C)c1nnnn12. The van der Waals surface area contributed by atoms with Crippen molar-refractivity contribution in [3.05, 3.63) is 95.3 Å². The smallest absolute Gasteiger partial charge is 0.316 e. The summed E-state index contributed by atoms with van der Waals surface area (Å²) in [5.74, 6) is 0. The number of hydrogen-bond donors (Lipinski definition) is 1. The fraction of sp³-hybridized carbons (Fsp3) is 0.160. The fourth-order valence-electron chi connectivity index (χ4n) is 3.93. The summed E-state index contributed by atoms with van der Waals surface area (Å²) >= 11 is 0. The molecule has 33 heavy (non-hydrogen) atoms. The van der Waals surface area contributed by atoms with Crippen LogP contribution in [0.2, 0.25) is 0 Å². The zero-order valence-corrected chi connectivity index (χ0v) is 18.4. The van der Waals surface area contributed by atoms with E-state index in [-0.39, 0.29) is 6.03 Å². The van der Waals surface area contributed by atoms with Crippen molar-refractivity contribution in [3.8, 4) is 0 Å². The average Bonchev–Trinajstić information content (AvgIpc) is 3.31. The number of carbonyl (C=O) groups excluding carboxylic acids is 1. The molecule has 8 heteroatoms. The third kappa shape index (κ3) is 4.23. The standard InChI is InChI=1S/C25H23N7O/c1-17-9-10-23-20(12-17)13-21(24-28-29-30-32(23)24)16-31(15-19-7-5-11-26-14-19)25(33)27-22-8-4-3-6-18(22)2/h3-14H,15-16H2,1-2H3,(H,27,33). The van der Waals surface area contributed by atoms with Gasteiger partial charge in [-0.2, -0.15) is 4.52 Å². The summed E-state index contributed by atoms with van der Waals surface area (Å²) in [7, 11) is 0. The molecule has 164 valence electrons. The van der Waals surface area contributed by atoms with Gasteiger partial charge in [0, 0.05) is 35.6 Å². The Morgan fingerprint density at radius 2 is 1.91 bits per heavy atom. The van der Waals surface area contributed by atoms with E-state index in [4.69, 9.17) is 0 Å². The lowest BCUT2D eigenvalue weighted by Crippen LogP contribution is -2.34. The van der Waals surface area contributed by atoms with Crippen LogP contribution in [0, 0.1) is 13.8 Å². The number of amides is 2. The number of rotatable bonds is 5. The molecule has 0 bridgehead atoms. The fourth-order valence-corrected chi connectivity index (χ4v) is 3.93. The molecule has 8 nitrogen and oxygen atoms in total. The molecule has 0 fully saturated rings. The van der Waals surface area contributed by atoms with Crippen molar-refractivity contribution in [1.82, 2.24) is 29.9 Å². The van der Waals surface area contributed by atoms with E-state index in [1.54, 1.807) is 21.8 Å². The second-order valence-corrected chi connectivity index (χ2v) is 8.11. The average molecular weight is 438 g/mol. The van der Waals surface area contributed by atoms with Gasteiger partial charge in [0.05, 0.1) is 12.1 Å². The van der Waals surface area contributed by atoms with Crippen LogP contribution in [0.5, 0.6) is 0 Å². The number of fused-ring (bicyclic) bond motifs is 3. The maximum atomic E-state index is 13.4. The number of nitrogens with one attached hydrogen (secondary N) is 1. The highest BCUT2D eigenvalue weighted by molar-refractivity contribution is 5.90. The normalized spacial score (nSPS) is 11.1. The summed E-state index contributed by atoms with van der Waals surface area (Å²) in [5, 5.41) is 16.4. The second-order valence-electron chi connectivity index (χ2n) is 8.11. The number of urea groups is 1. The quantitative estimate of drug-likeness (QED) is 0.437. The van der Waals surface area contributed by atoms with Crippen molar-refractivity contribution in [2.24, 2.45) is 0 Å². The van der Waals surface area contributed by atoms with Gasteiger partial charge in [-0.15, -0.1) is 5.10 Å². The minimum atomic E-state index is -0.205. The maximum Gasteiger partial charge on any atom is 0.322 e. The molecular formula is C25H23N7O. The van der Waals surface area contributed by atoms with Gasteiger partial charge in [0.15, 0.2) is 5.65 Å².